The van der Waals surface area contributed by atoms with Gasteiger partial charge in [0.05, 0.1) is 0 Å². The molecule has 3 nitrogen and oxygen atoms in total. The number of nitrogens with one attached hydrogen (secondary N) is 1. The van der Waals surface area contributed by atoms with Crippen molar-refractivity contribution >= 4 is 17.2 Å². The number of carbonyl (C=O) groups is 1. The van der Waals surface area contributed by atoms with Crippen molar-refractivity contribution in [1.29, 1.82) is 0 Å². The molecule has 90 valence electrons. The number of hydrogen-bond donors (Lipinski definition) is 2. The van der Waals surface area contributed by atoms with Crippen LogP contribution in [0, 0.1) is 5.92 Å². The Kier molecular flexibility index (Phi) is 4.96. The van der Waals surface area contributed by atoms with Gasteiger partial charge in [0.1, 0.15) is 0 Å². The molecule has 2 atom stereocenters. The molecule has 0 saturated heterocycles. The van der Waals surface area contributed by atoms with Gasteiger partial charge in [-0.1, -0.05) is 19.9 Å². The first-order valence-electron chi connectivity index (χ1n) is 5.58. The predicted octanol–water partition coefficient (Wildman–Crippen LogP) is 2.30. The van der Waals surface area contributed by atoms with E-state index in [9.17, 15) is 4.79 Å². The molecule has 0 aliphatic carbocycles. The van der Waals surface area contributed by atoms with Crippen molar-refractivity contribution in [3.8, 4) is 0 Å². The van der Waals surface area contributed by atoms with Crippen molar-refractivity contribution in [2.24, 2.45) is 11.7 Å². The van der Waals surface area contributed by atoms with E-state index >= 15 is 0 Å². The lowest BCUT2D eigenvalue weighted by Gasteiger charge is -2.25. The van der Waals surface area contributed by atoms with Crippen LogP contribution < -0.4 is 11.1 Å². The third kappa shape index (κ3) is 3.94. The van der Waals surface area contributed by atoms with Gasteiger partial charge in [-0.25, -0.2) is 0 Å². The summed E-state index contributed by atoms with van der Waals surface area (Å²) in [6.07, 6.45) is 0.384. The summed E-state index contributed by atoms with van der Waals surface area (Å²) >= 11 is 1.74. The van der Waals surface area contributed by atoms with E-state index in [-0.39, 0.29) is 11.9 Å². The van der Waals surface area contributed by atoms with Crippen molar-refractivity contribution in [1.82, 2.24) is 5.32 Å². The van der Waals surface area contributed by atoms with Crippen LogP contribution in [-0.2, 0) is 4.79 Å². The van der Waals surface area contributed by atoms with Gasteiger partial charge in [-0.05, 0) is 24.3 Å². The van der Waals surface area contributed by atoms with Gasteiger partial charge in [0.25, 0.3) is 0 Å². The van der Waals surface area contributed by atoms with E-state index in [0.29, 0.717) is 18.4 Å². The molecule has 0 aliphatic rings. The molecule has 16 heavy (non-hydrogen) atoms. The van der Waals surface area contributed by atoms with Gasteiger partial charge in [-0.15, -0.1) is 11.3 Å². The number of thiophene rings is 1. The summed E-state index contributed by atoms with van der Waals surface area (Å²) in [5, 5.41) is 5.53. The third-order valence-corrected chi connectivity index (χ3v) is 3.44. The van der Waals surface area contributed by atoms with Crippen LogP contribution in [0.25, 0.3) is 0 Å². The number of amides is 1. The highest BCUT2D eigenvalue weighted by molar-refractivity contribution is 7.10. The molecular weight excluding hydrogens is 220 g/mol. The molecule has 3 N–H and O–H groups in total. The molecule has 0 spiro atoms. The molecule has 0 aromatic carbocycles. The molecule has 0 aliphatic heterocycles. The minimum atomic E-state index is -0.256. The zero-order valence-electron chi connectivity index (χ0n) is 10.1. The monoisotopic (exact) mass is 240 g/mol. The quantitative estimate of drug-likeness (QED) is 0.801. The molecular formula is C12H20N2OS. The first-order valence-corrected chi connectivity index (χ1v) is 6.46. The van der Waals surface area contributed by atoms with Crippen LogP contribution in [0.2, 0.25) is 0 Å². The van der Waals surface area contributed by atoms with Crippen molar-refractivity contribution in [2.45, 2.75) is 39.3 Å². The fourth-order valence-corrected chi connectivity index (χ4v) is 2.70. The van der Waals surface area contributed by atoms with Crippen LogP contribution in [0.15, 0.2) is 17.5 Å². The minimum Gasteiger partial charge on any atom is -0.370 e. The average molecular weight is 240 g/mol. The molecule has 1 heterocycles. The van der Waals surface area contributed by atoms with E-state index in [4.69, 9.17) is 5.73 Å². The Morgan fingerprint density at radius 1 is 1.50 bits per heavy atom. The summed E-state index contributed by atoms with van der Waals surface area (Å²) in [5.41, 5.74) is 5.19. The first kappa shape index (κ1) is 13.2. The first-order chi connectivity index (χ1) is 7.50. The Labute approximate surface area is 101 Å². The Balaban J connectivity index is 2.62. The summed E-state index contributed by atoms with van der Waals surface area (Å²) in [6.45, 7) is 6.34. The summed E-state index contributed by atoms with van der Waals surface area (Å²) in [4.78, 5) is 12.1. The van der Waals surface area contributed by atoms with E-state index in [1.54, 1.807) is 11.3 Å². The number of nitrogens with two attached hydrogens (primary N) is 1. The van der Waals surface area contributed by atoms with Gasteiger partial charge in [0.15, 0.2) is 0 Å². The van der Waals surface area contributed by atoms with E-state index in [1.807, 2.05) is 6.92 Å². The zero-order chi connectivity index (χ0) is 12.1. The predicted molar refractivity (Wildman–Crippen MR) is 68.3 cm³/mol. The van der Waals surface area contributed by atoms with Crippen LogP contribution in [0.1, 0.15) is 38.1 Å². The van der Waals surface area contributed by atoms with E-state index < -0.39 is 0 Å². The fraction of sp³-hybridized carbons (Fsp3) is 0.583. The van der Waals surface area contributed by atoms with Crippen LogP contribution >= 0.6 is 11.3 Å². The number of hydrogen-bond acceptors (Lipinski definition) is 3. The van der Waals surface area contributed by atoms with Crippen LogP contribution in [-0.4, -0.2) is 11.9 Å². The number of rotatable bonds is 6. The van der Waals surface area contributed by atoms with Crippen LogP contribution in [0.5, 0.6) is 0 Å². The highest BCUT2D eigenvalue weighted by atomic mass is 32.1. The molecule has 1 rings (SSSR count). The zero-order valence-corrected chi connectivity index (χ0v) is 10.9. The molecule has 0 unspecified atom stereocenters. The normalized spacial score (nSPS) is 15.0. The minimum absolute atomic E-state index is 0.118. The van der Waals surface area contributed by atoms with Gasteiger partial charge in [0, 0.05) is 23.4 Å². The fourth-order valence-electron chi connectivity index (χ4n) is 1.74. The molecule has 0 bridgehead atoms. The van der Waals surface area contributed by atoms with Gasteiger partial charge in [-0.3, -0.25) is 4.79 Å². The molecule has 0 fully saturated rings. The molecule has 0 radical (unpaired) electrons. The number of primary amides is 1. The van der Waals surface area contributed by atoms with Gasteiger partial charge < -0.3 is 11.1 Å². The second-order valence-electron chi connectivity index (χ2n) is 4.48. The van der Waals surface area contributed by atoms with Crippen molar-refractivity contribution in [3.05, 3.63) is 22.4 Å². The second kappa shape index (κ2) is 6.01. The van der Waals surface area contributed by atoms with Crippen molar-refractivity contribution in [2.75, 3.05) is 0 Å². The molecule has 1 amide bonds. The number of carbonyl (C=O) groups excluding carboxylic acids is 1. The SMILES string of the molecule is CC(C)[C@H](N[C@@H](C)CC(N)=O)c1cccs1. The Morgan fingerprint density at radius 2 is 2.19 bits per heavy atom. The van der Waals surface area contributed by atoms with Gasteiger partial charge >= 0.3 is 0 Å². The van der Waals surface area contributed by atoms with Gasteiger partial charge in [0.2, 0.25) is 5.91 Å². The average Bonchev–Trinajstić information content (AvgIpc) is 2.64. The highest BCUT2D eigenvalue weighted by Gasteiger charge is 2.19. The standard InChI is InChI=1S/C12H20N2OS/c1-8(2)12(10-5-4-6-16-10)14-9(3)7-11(13)15/h4-6,8-9,12,14H,7H2,1-3H3,(H2,13,15)/t9-,12-/m0/s1. The maximum atomic E-state index is 10.8. The topological polar surface area (TPSA) is 55.1 Å². The smallest absolute Gasteiger partial charge is 0.218 e. The maximum absolute atomic E-state index is 10.8. The highest BCUT2D eigenvalue weighted by Crippen LogP contribution is 2.26. The second-order valence-corrected chi connectivity index (χ2v) is 5.45. The van der Waals surface area contributed by atoms with Crippen LogP contribution in [0.4, 0.5) is 0 Å². The molecule has 0 saturated carbocycles. The van der Waals surface area contributed by atoms with E-state index in [1.165, 1.54) is 4.88 Å². The van der Waals surface area contributed by atoms with E-state index in [2.05, 4.69) is 36.7 Å². The summed E-state index contributed by atoms with van der Waals surface area (Å²) < 4.78 is 0. The van der Waals surface area contributed by atoms with Crippen LogP contribution in [0.3, 0.4) is 0 Å². The lowest BCUT2D eigenvalue weighted by Crippen LogP contribution is -2.35. The van der Waals surface area contributed by atoms with Gasteiger partial charge in [-0.2, -0.15) is 0 Å². The van der Waals surface area contributed by atoms with E-state index in [0.717, 1.165) is 0 Å². The Bertz CT molecular complexity index is 322. The lowest BCUT2D eigenvalue weighted by atomic mass is 10.0. The summed E-state index contributed by atoms with van der Waals surface area (Å²) in [5.74, 6) is 0.239. The Hall–Kier alpha value is -0.870. The molecule has 1 aromatic rings. The largest absolute Gasteiger partial charge is 0.370 e. The Morgan fingerprint density at radius 3 is 2.62 bits per heavy atom. The molecule has 4 heteroatoms. The maximum Gasteiger partial charge on any atom is 0.218 e. The van der Waals surface area contributed by atoms with Crippen molar-refractivity contribution in [3.63, 3.8) is 0 Å². The molecule has 1 aromatic heterocycles. The third-order valence-electron chi connectivity index (χ3n) is 2.49. The lowest BCUT2D eigenvalue weighted by molar-refractivity contribution is -0.118. The summed E-state index contributed by atoms with van der Waals surface area (Å²) in [6, 6.07) is 4.59. The van der Waals surface area contributed by atoms with Crippen molar-refractivity contribution < 1.29 is 4.79 Å². The summed E-state index contributed by atoms with van der Waals surface area (Å²) in [7, 11) is 0.